The maximum atomic E-state index is 13.6. The molecule has 35 heavy (non-hydrogen) atoms. The van der Waals surface area contributed by atoms with Gasteiger partial charge < -0.3 is 10.0 Å². The summed E-state index contributed by atoms with van der Waals surface area (Å²) in [6.45, 7) is 1.92. The van der Waals surface area contributed by atoms with Crippen LogP contribution in [0.3, 0.4) is 0 Å². The van der Waals surface area contributed by atoms with Crippen molar-refractivity contribution < 1.29 is 14.7 Å². The first-order chi connectivity index (χ1) is 17.0. The first-order valence-corrected chi connectivity index (χ1v) is 13.7. The molecule has 1 aliphatic heterocycles. The molecule has 6 nitrogen and oxygen atoms in total. The molecule has 1 amide bonds. The highest BCUT2D eigenvalue weighted by Gasteiger charge is 2.41. The number of amides is 1. The third-order valence-corrected chi connectivity index (χ3v) is 9.25. The van der Waals surface area contributed by atoms with E-state index >= 15 is 0 Å². The van der Waals surface area contributed by atoms with E-state index in [0.717, 1.165) is 69.4 Å². The first-order valence-electron chi connectivity index (χ1n) is 13.7. The van der Waals surface area contributed by atoms with E-state index in [1.165, 1.54) is 43.9 Å². The summed E-state index contributed by atoms with van der Waals surface area (Å²) >= 11 is 0. The molecule has 1 N–H and O–H groups in total. The van der Waals surface area contributed by atoms with Crippen LogP contribution in [0, 0.1) is 11.3 Å². The molecule has 6 rings (SSSR count). The fourth-order valence-corrected chi connectivity index (χ4v) is 7.29. The molecule has 0 bridgehead atoms. The summed E-state index contributed by atoms with van der Waals surface area (Å²) in [5, 5.41) is 14.1. The molecule has 4 fully saturated rings. The van der Waals surface area contributed by atoms with Crippen LogP contribution in [-0.4, -0.2) is 44.8 Å². The average molecular weight is 476 g/mol. The SMILES string of the molecule is O=C(O)c1cnn(-c2cccc([C@@H]3CCCC(C(=O)N4CCCC5(CCCC5)C4)C3)c2)c1C1CC1. The van der Waals surface area contributed by atoms with Crippen LogP contribution < -0.4 is 0 Å². The van der Waals surface area contributed by atoms with E-state index in [1.807, 2.05) is 10.7 Å². The number of nitrogens with zero attached hydrogens (tertiary/aromatic N) is 3. The quantitative estimate of drug-likeness (QED) is 0.584. The second-order valence-electron chi connectivity index (χ2n) is 11.7. The van der Waals surface area contributed by atoms with Gasteiger partial charge in [-0.1, -0.05) is 31.4 Å². The zero-order valence-electron chi connectivity index (χ0n) is 20.6. The smallest absolute Gasteiger partial charge is 0.339 e. The van der Waals surface area contributed by atoms with Crippen LogP contribution in [0.1, 0.15) is 111 Å². The van der Waals surface area contributed by atoms with Gasteiger partial charge in [0.2, 0.25) is 5.91 Å². The molecule has 2 aromatic rings. The van der Waals surface area contributed by atoms with E-state index in [-0.39, 0.29) is 11.8 Å². The largest absolute Gasteiger partial charge is 0.478 e. The maximum absolute atomic E-state index is 13.6. The Balaban J connectivity index is 1.19. The summed E-state index contributed by atoms with van der Waals surface area (Å²) in [5.41, 5.74) is 3.75. The lowest BCUT2D eigenvalue weighted by molar-refractivity contribution is -0.140. The Hall–Kier alpha value is -2.63. The van der Waals surface area contributed by atoms with Crippen molar-refractivity contribution in [3.8, 4) is 5.69 Å². The number of hydrogen-bond donors (Lipinski definition) is 1. The van der Waals surface area contributed by atoms with Gasteiger partial charge in [0.05, 0.1) is 17.6 Å². The number of carboxylic acid groups (broad SMARTS) is 1. The molecular formula is C29H37N3O3. The number of piperidine rings is 1. The summed E-state index contributed by atoms with van der Waals surface area (Å²) < 4.78 is 1.84. The molecule has 0 radical (unpaired) electrons. The second kappa shape index (κ2) is 9.11. The number of hydrogen-bond acceptors (Lipinski definition) is 3. The molecule has 4 aliphatic rings. The van der Waals surface area contributed by atoms with Gasteiger partial charge in [0.1, 0.15) is 5.56 Å². The molecule has 186 valence electrons. The number of carbonyl (C=O) groups is 2. The fourth-order valence-electron chi connectivity index (χ4n) is 7.29. The first kappa shape index (κ1) is 22.8. The number of carboxylic acids is 1. The molecule has 1 saturated heterocycles. The number of aromatic carboxylic acids is 1. The van der Waals surface area contributed by atoms with E-state index in [9.17, 15) is 14.7 Å². The lowest BCUT2D eigenvalue weighted by atomic mass is 9.75. The second-order valence-corrected chi connectivity index (χ2v) is 11.7. The van der Waals surface area contributed by atoms with Crippen LogP contribution in [0.15, 0.2) is 30.5 Å². The van der Waals surface area contributed by atoms with Crippen LogP contribution in [0.2, 0.25) is 0 Å². The van der Waals surface area contributed by atoms with Crippen LogP contribution in [0.4, 0.5) is 0 Å². The van der Waals surface area contributed by atoms with Gasteiger partial charge in [-0.05, 0) is 86.8 Å². The highest BCUT2D eigenvalue weighted by atomic mass is 16.4. The van der Waals surface area contributed by atoms with Gasteiger partial charge in [-0.15, -0.1) is 0 Å². The van der Waals surface area contributed by atoms with Crippen LogP contribution in [0.5, 0.6) is 0 Å². The zero-order valence-corrected chi connectivity index (χ0v) is 20.6. The van der Waals surface area contributed by atoms with Gasteiger partial charge in [-0.2, -0.15) is 5.10 Å². The Bertz CT molecular complexity index is 1110. The molecule has 1 unspecified atom stereocenters. The van der Waals surface area contributed by atoms with Crippen LogP contribution >= 0.6 is 0 Å². The topological polar surface area (TPSA) is 75.4 Å². The summed E-state index contributed by atoms with van der Waals surface area (Å²) in [6, 6.07) is 8.43. The van der Waals surface area contributed by atoms with Gasteiger partial charge in [0.25, 0.3) is 0 Å². The Morgan fingerprint density at radius 1 is 0.971 bits per heavy atom. The van der Waals surface area contributed by atoms with Crippen molar-refractivity contribution in [2.45, 2.75) is 88.9 Å². The van der Waals surface area contributed by atoms with E-state index in [4.69, 9.17) is 0 Å². The third kappa shape index (κ3) is 4.41. The molecule has 6 heteroatoms. The molecule has 2 heterocycles. The maximum Gasteiger partial charge on any atom is 0.339 e. The number of rotatable bonds is 5. The Morgan fingerprint density at radius 3 is 2.54 bits per heavy atom. The average Bonchev–Trinajstić information content (AvgIpc) is 3.47. The van der Waals surface area contributed by atoms with Crippen molar-refractivity contribution in [3.63, 3.8) is 0 Å². The highest BCUT2D eigenvalue weighted by Crippen LogP contribution is 2.46. The number of likely N-dealkylation sites (tertiary alicyclic amines) is 1. The van der Waals surface area contributed by atoms with Gasteiger partial charge >= 0.3 is 5.97 Å². The molecule has 1 aromatic carbocycles. The highest BCUT2D eigenvalue weighted by molar-refractivity contribution is 5.89. The monoisotopic (exact) mass is 475 g/mol. The Morgan fingerprint density at radius 2 is 1.77 bits per heavy atom. The molecule has 3 saturated carbocycles. The summed E-state index contributed by atoms with van der Waals surface area (Å²) in [5.74, 6) is 0.267. The fraction of sp³-hybridized carbons (Fsp3) is 0.621. The lowest BCUT2D eigenvalue weighted by Gasteiger charge is -2.42. The molecule has 3 aliphatic carbocycles. The van der Waals surface area contributed by atoms with E-state index in [2.05, 4.69) is 28.2 Å². The van der Waals surface area contributed by atoms with Crippen molar-refractivity contribution in [2.24, 2.45) is 11.3 Å². The summed E-state index contributed by atoms with van der Waals surface area (Å²) in [7, 11) is 0. The minimum absolute atomic E-state index is 0.124. The van der Waals surface area contributed by atoms with Gasteiger partial charge in [0.15, 0.2) is 0 Å². The van der Waals surface area contributed by atoms with Crippen LogP contribution in [0.25, 0.3) is 5.69 Å². The van der Waals surface area contributed by atoms with Crippen molar-refractivity contribution in [3.05, 3.63) is 47.3 Å². The van der Waals surface area contributed by atoms with Crippen molar-refractivity contribution in [1.29, 1.82) is 0 Å². The molecule has 2 atom stereocenters. The van der Waals surface area contributed by atoms with E-state index < -0.39 is 5.97 Å². The summed E-state index contributed by atoms with van der Waals surface area (Å²) in [6.07, 6.45) is 15.4. The van der Waals surface area contributed by atoms with Gasteiger partial charge in [-0.25, -0.2) is 9.48 Å². The normalized spacial score (nSPS) is 26.2. The molecule has 1 aromatic heterocycles. The predicted octanol–water partition coefficient (Wildman–Crippen LogP) is 5.90. The standard InChI is InChI=1S/C29H37N3O3/c33-27(31-15-5-14-29(19-31)12-1-2-13-29)23-8-3-6-21(16-23)22-7-4-9-24(17-22)32-26(20-10-11-20)25(18-30-32)28(34)35/h4,7,9,17-18,20-21,23H,1-3,5-6,8,10-16,19H2,(H,34,35)/t21-,23?/m1/s1. The Labute approximate surface area is 207 Å². The predicted molar refractivity (Wildman–Crippen MR) is 134 cm³/mol. The Kier molecular flexibility index (Phi) is 5.93. The third-order valence-electron chi connectivity index (χ3n) is 9.25. The molecule has 1 spiro atoms. The minimum Gasteiger partial charge on any atom is -0.478 e. The van der Waals surface area contributed by atoms with Crippen LogP contribution in [-0.2, 0) is 4.79 Å². The number of benzene rings is 1. The van der Waals surface area contributed by atoms with Gasteiger partial charge in [0, 0.05) is 24.9 Å². The lowest BCUT2D eigenvalue weighted by Crippen LogP contribution is -2.47. The van der Waals surface area contributed by atoms with Crippen molar-refractivity contribution >= 4 is 11.9 Å². The van der Waals surface area contributed by atoms with Crippen molar-refractivity contribution in [2.75, 3.05) is 13.1 Å². The summed E-state index contributed by atoms with van der Waals surface area (Å²) in [4.78, 5) is 27.6. The van der Waals surface area contributed by atoms with E-state index in [0.29, 0.717) is 22.8 Å². The van der Waals surface area contributed by atoms with E-state index in [1.54, 1.807) is 0 Å². The zero-order chi connectivity index (χ0) is 24.0. The van der Waals surface area contributed by atoms with Crippen molar-refractivity contribution in [1.82, 2.24) is 14.7 Å². The minimum atomic E-state index is -0.903. The van der Waals surface area contributed by atoms with Gasteiger partial charge in [-0.3, -0.25) is 4.79 Å². The number of aromatic nitrogens is 2. The number of carbonyl (C=O) groups excluding carboxylic acids is 1. The molecular weight excluding hydrogens is 438 g/mol.